The monoisotopic (exact) mass is 550 g/mol. The van der Waals surface area contributed by atoms with Crippen LogP contribution in [0, 0.1) is 17.2 Å². The van der Waals surface area contributed by atoms with Crippen molar-refractivity contribution in [2.24, 2.45) is 5.92 Å². The molecule has 214 valence electrons. The van der Waals surface area contributed by atoms with Crippen LogP contribution in [0.3, 0.4) is 0 Å². The van der Waals surface area contributed by atoms with Crippen molar-refractivity contribution in [3.63, 3.8) is 0 Å². The number of amides is 3. The molecule has 0 saturated carbocycles. The van der Waals surface area contributed by atoms with E-state index < -0.39 is 42.1 Å². The Kier molecular flexibility index (Phi) is 11.8. The minimum atomic E-state index is -1.40. The first-order valence-corrected chi connectivity index (χ1v) is 13.6. The fourth-order valence-electron chi connectivity index (χ4n) is 4.39. The van der Waals surface area contributed by atoms with Gasteiger partial charge in [0.2, 0.25) is 11.8 Å². The third kappa shape index (κ3) is 9.89. The number of rotatable bonds is 6. The van der Waals surface area contributed by atoms with Gasteiger partial charge in [0.05, 0.1) is 18.7 Å². The molecule has 2 aromatic rings. The Morgan fingerprint density at radius 2 is 1.82 bits per heavy atom. The minimum absolute atomic E-state index is 0.0358. The van der Waals surface area contributed by atoms with Crippen molar-refractivity contribution in [1.82, 2.24) is 16.0 Å². The highest BCUT2D eigenvalue weighted by Crippen LogP contribution is 2.16. The first kappa shape index (κ1) is 30.4. The number of nitriles is 1. The lowest BCUT2D eigenvalue weighted by Gasteiger charge is -2.27. The van der Waals surface area contributed by atoms with E-state index in [1.54, 1.807) is 18.2 Å². The second-order valence-corrected chi connectivity index (χ2v) is 10.3. The molecule has 40 heavy (non-hydrogen) atoms. The average molecular weight is 551 g/mol. The number of alkyl carbamates (subject to hydrolysis) is 1. The van der Waals surface area contributed by atoms with Crippen LogP contribution in [-0.2, 0) is 27.4 Å². The predicted octanol–water partition coefficient (Wildman–Crippen LogP) is 2.99. The van der Waals surface area contributed by atoms with E-state index >= 15 is 0 Å². The highest BCUT2D eigenvalue weighted by atomic mass is 16.5. The summed E-state index contributed by atoms with van der Waals surface area (Å²) in [5.41, 5.74) is 1.58. The van der Waals surface area contributed by atoms with Gasteiger partial charge in [-0.25, -0.2) is 4.79 Å². The molecule has 0 radical (unpaired) electrons. The van der Waals surface area contributed by atoms with Crippen molar-refractivity contribution in [3.05, 3.63) is 65.7 Å². The Balaban J connectivity index is 1.83. The average Bonchev–Trinajstić information content (AvgIpc) is 2.94. The minimum Gasteiger partial charge on any atom is -0.494 e. The summed E-state index contributed by atoms with van der Waals surface area (Å²) in [4.78, 5) is 39.5. The molecule has 4 atom stereocenters. The summed E-state index contributed by atoms with van der Waals surface area (Å²) in [5, 5.41) is 27.7. The second-order valence-electron chi connectivity index (χ2n) is 10.3. The number of nitrogens with zero attached hydrogens (tertiary/aromatic N) is 1. The summed E-state index contributed by atoms with van der Waals surface area (Å²) in [5.74, 6) is -0.351. The maximum atomic E-state index is 13.5. The summed E-state index contributed by atoms with van der Waals surface area (Å²) in [6, 6.07) is 15.4. The van der Waals surface area contributed by atoms with Crippen molar-refractivity contribution >= 4 is 17.9 Å². The fourth-order valence-corrected chi connectivity index (χ4v) is 4.39. The van der Waals surface area contributed by atoms with Gasteiger partial charge in [0.1, 0.15) is 24.4 Å². The summed E-state index contributed by atoms with van der Waals surface area (Å²) >= 11 is 0. The summed E-state index contributed by atoms with van der Waals surface area (Å²) in [6.45, 7) is 4.30. The molecule has 2 bridgehead atoms. The molecule has 3 amide bonds. The van der Waals surface area contributed by atoms with E-state index in [9.17, 15) is 24.8 Å². The number of hydrogen-bond acceptors (Lipinski definition) is 7. The smallest absolute Gasteiger partial charge is 0.408 e. The van der Waals surface area contributed by atoms with Crippen molar-refractivity contribution in [2.75, 3.05) is 6.61 Å². The van der Waals surface area contributed by atoms with Gasteiger partial charge in [0.15, 0.2) is 6.10 Å². The Morgan fingerprint density at radius 1 is 1.10 bits per heavy atom. The molecule has 0 saturated heterocycles. The third-order valence-corrected chi connectivity index (χ3v) is 6.54. The Morgan fingerprint density at radius 3 is 2.50 bits per heavy atom. The van der Waals surface area contributed by atoms with Gasteiger partial charge >= 0.3 is 6.09 Å². The summed E-state index contributed by atoms with van der Waals surface area (Å²) in [7, 11) is 0. The zero-order chi connectivity index (χ0) is 28.9. The number of hydrogen-bond donors (Lipinski definition) is 4. The Bertz CT molecular complexity index is 1150. The van der Waals surface area contributed by atoms with Gasteiger partial charge in [-0.3, -0.25) is 9.59 Å². The quantitative estimate of drug-likeness (QED) is 0.404. The molecule has 4 N–H and O–H groups in total. The fraction of sp³-hybridized carbons (Fsp3) is 0.467. The van der Waals surface area contributed by atoms with Crippen LogP contribution in [0.5, 0.6) is 5.75 Å². The van der Waals surface area contributed by atoms with E-state index in [1.807, 2.05) is 56.3 Å². The van der Waals surface area contributed by atoms with Crippen LogP contribution in [0.2, 0.25) is 0 Å². The molecule has 10 nitrogen and oxygen atoms in total. The molecule has 0 aromatic heterocycles. The lowest BCUT2D eigenvalue weighted by Crippen LogP contribution is -2.56. The van der Waals surface area contributed by atoms with E-state index in [0.717, 1.165) is 11.1 Å². The van der Waals surface area contributed by atoms with Crippen LogP contribution in [0.1, 0.15) is 50.7 Å². The van der Waals surface area contributed by atoms with Gasteiger partial charge in [-0.15, -0.1) is 0 Å². The first-order valence-electron chi connectivity index (χ1n) is 13.6. The third-order valence-electron chi connectivity index (χ3n) is 6.54. The van der Waals surface area contributed by atoms with Crippen LogP contribution in [0.4, 0.5) is 4.79 Å². The molecule has 0 aliphatic carbocycles. The molecule has 2 aliphatic rings. The molecule has 10 heteroatoms. The highest BCUT2D eigenvalue weighted by molar-refractivity contribution is 5.91. The van der Waals surface area contributed by atoms with E-state index in [0.29, 0.717) is 38.0 Å². The Labute approximate surface area is 235 Å². The SMILES string of the molecule is CC(C)C[C@@H]1NC(=O)[C@@H](NC(=O)OCc2ccccc2)Cc2ccc(cc2)OCCCCC([C@@H](O)C#N)NC1=O. The molecule has 2 heterocycles. The molecule has 0 spiro atoms. The number of carbonyl (C=O) groups excluding carboxylic acids is 3. The lowest BCUT2D eigenvalue weighted by molar-refractivity contribution is -0.131. The molecule has 0 fully saturated rings. The maximum Gasteiger partial charge on any atom is 0.408 e. The van der Waals surface area contributed by atoms with Gasteiger partial charge in [-0.05, 0) is 54.9 Å². The number of benzene rings is 2. The number of ether oxygens (including phenoxy) is 2. The molecule has 2 aromatic carbocycles. The number of nitrogens with one attached hydrogen (secondary N) is 3. The van der Waals surface area contributed by atoms with E-state index in [2.05, 4.69) is 16.0 Å². The van der Waals surface area contributed by atoms with Crippen molar-refractivity contribution in [1.29, 1.82) is 5.26 Å². The highest BCUT2D eigenvalue weighted by Gasteiger charge is 2.30. The maximum absolute atomic E-state index is 13.5. The molecule has 2 aliphatic heterocycles. The van der Waals surface area contributed by atoms with Gasteiger partial charge in [-0.2, -0.15) is 5.26 Å². The number of fused-ring (bicyclic) bond motifs is 14. The van der Waals surface area contributed by atoms with Crippen molar-refractivity contribution in [2.45, 2.75) is 76.8 Å². The van der Waals surface area contributed by atoms with Gasteiger partial charge in [-0.1, -0.05) is 56.3 Å². The largest absolute Gasteiger partial charge is 0.494 e. The standard InChI is InChI=1S/C30H38N4O6/c1-20(2)16-25-28(36)32-24(27(35)18-31)10-6-7-15-39-23-13-11-21(12-14-23)17-26(29(37)33-25)34-30(38)40-19-22-8-4-3-5-9-22/h3-5,8-9,11-14,20,24-27,35H,6-7,10,15-17,19H2,1-2H3,(H,32,36)(H,33,37)(H,34,38)/t24?,25-,26-,27-/m0/s1. The van der Waals surface area contributed by atoms with Crippen LogP contribution in [0.15, 0.2) is 54.6 Å². The zero-order valence-corrected chi connectivity index (χ0v) is 23.0. The number of carbonyl (C=O) groups is 3. The topological polar surface area (TPSA) is 150 Å². The van der Waals surface area contributed by atoms with Crippen LogP contribution < -0.4 is 20.7 Å². The van der Waals surface area contributed by atoms with Gasteiger partial charge in [0.25, 0.3) is 0 Å². The molecule has 1 unspecified atom stereocenters. The normalized spacial score (nSPS) is 21.2. The summed E-state index contributed by atoms with van der Waals surface area (Å²) < 4.78 is 11.1. The zero-order valence-electron chi connectivity index (χ0n) is 23.0. The molecule has 4 rings (SSSR count). The van der Waals surface area contributed by atoms with E-state index in [1.165, 1.54) is 0 Å². The van der Waals surface area contributed by atoms with Crippen LogP contribution in [-0.4, -0.2) is 53.9 Å². The lowest BCUT2D eigenvalue weighted by atomic mass is 9.99. The van der Waals surface area contributed by atoms with Crippen molar-refractivity contribution in [3.8, 4) is 11.8 Å². The van der Waals surface area contributed by atoms with Crippen molar-refractivity contribution < 1.29 is 29.0 Å². The second kappa shape index (κ2) is 15.5. The number of aliphatic hydroxyl groups excluding tert-OH is 1. The summed E-state index contributed by atoms with van der Waals surface area (Å²) in [6.07, 6.45) is -0.0581. The van der Waals surface area contributed by atoms with E-state index in [-0.39, 0.29) is 18.9 Å². The molecular formula is C30H38N4O6. The molecular weight excluding hydrogens is 512 g/mol. The number of aliphatic hydroxyl groups is 1. The van der Waals surface area contributed by atoms with Crippen LogP contribution in [0.25, 0.3) is 0 Å². The van der Waals surface area contributed by atoms with E-state index in [4.69, 9.17) is 9.47 Å². The predicted molar refractivity (Wildman–Crippen MR) is 148 cm³/mol. The Hall–Kier alpha value is -4.10. The first-order chi connectivity index (χ1) is 19.2. The van der Waals surface area contributed by atoms with Gasteiger partial charge < -0.3 is 30.5 Å². The van der Waals surface area contributed by atoms with Crippen LogP contribution >= 0.6 is 0 Å². The van der Waals surface area contributed by atoms with Gasteiger partial charge in [0, 0.05) is 6.42 Å².